The van der Waals surface area contributed by atoms with Crippen LogP contribution in [-0.2, 0) is 0 Å². The monoisotopic (exact) mass is 126 g/mol. The van der Waals surface area contributed by atoms with Crippen molar-refractivity contribution in [1.29, 1.82) is 0 Å². The molecule has 5 N–H and O–H groups in total. The highest BCUT2D eigenvalue weighted by molar-refractivity contribution is 5.55. The second-order valence-electron chi connectivity index (χ2n) is 1.57. The van der Waals surface area contributed by atoms with Crippen molar-refractivity contribution in [3.63, 3.8) is 0 Å². The Hall–Kier alpha value is -1.52. The maximum absolute atomic E-state index is 10.4. The lowest BCUT2D eigenvalue weighted by molar-refractivity contribution is 1.00. The molecule has 0 aliphatic heterocycles. The molecule has 48 valence electrons. The van der Waals surface area contributed by atoms with Crippen LogP contribution >= 0.6 is 0 Å². The molecule has 0 atom stereocenters. The lowest BCUT2D eigenvalue weighted by atomic mass is 10.4. The van der Waals surface area contributed by atoms with E-state index in [4.69, 9.17) is 11.5 Å². The number of anilines is 2. The van der Waals surface area contributed by atoms with Crippen LogP contribution in [0.4, 0.5) is 11.5 Å². The fraction of sp³-hybridized carbons (Fsp3) is 0. The van der Waals surface area contributed by atoms with E-state index in [9.17, 15) is 4.79 Å². The average Bonchev–Trinajstić information content (AvgIpc) is 1.80. The summed E-state index contributed by atoms with van der Waals surface area (Å²) in [5.74, 6) is 0.148. The Morgan fingerprint density at radius 1 is 1.56 bits per heavy atom. The van der Waals surface area contributed by atoms with Crippen molar-refractivity contribution in [2.24, 2.45) is 0 Å². The van der Waals surface area contributed by atoms with E-state index < -0.39 is 0 Å². The normalized spacial score (nSPS) is 9.33. The number of hydrogen-bond acceptors (Lipinski definition) is 4. The number of nitrogen functional groups attached to an aromatic ring is 2. The Labute approximate surface area is 50.7 Å². The third-order valence-electron chi connectivity index (χ3n) is 0.869. The molecule has 0 unspecified atom stereocenters. The van der Waals surface area contributed by atoms with Crippen LogP contribution in [0.15, 0.2) is 10.9 Å². The molecule has 1 aromatic rings. The SMILES string of the molecule is Nc1cc(=O)[nH]nc1N. The second kappa shape index (κ2) is 1.77. The molecular formula is C4H6N4O. The first-order chi connectivity index (χ1) is 4.20. The number of nitrogens with zero attached hydrogens (tertiary/aromatic N) is 1. The number of nitrogens with one attached hydrogen (secondary N) is 1. The van der Waals surface area contributed by atoms with Gasteiger partial charge in [0.1, 0.15) is 0 Å². The zero-order valence-electron chi connectivity index (χ0n) is 4.59. The average molecular weight is 126 g/mol. The standard InChI is InChI=1S/C4H6N4O/c5-2-1-3(9)7-8-4(2)6/h1H,(H2,6,8)(H3,5,7,9). The lowest BCUT2D eigenvalue weighted by Crippen LogP contribution is -2.10. The van der Waals surface area contributed by atoms with Crippen molar-refractivity contribution in [1.82, 2.24) is 10.2 Å². The zero-order chi connectivity index (χ0) is 6.85. The highest BCUT2D eigenvalue weighted by Crippen LogP contribution is 2.01. The van der Waals surface area contributed by atoms with Crippen LogP contribution in [0.5, 0.6) is 0 Å². The Balaban J connectivity index is 3.34. The molecule has 1 aromatic heterocycles. The van der Waals surface area contributed by atoms with Crippen LogP contribution in [0.25, 0.3) is 0 Å². The molecule has 0 bridgehead atoms. The number of aromatic nitrogens is 2. The molecule has 1 heterocycles. The minimum Gasteiger partial charge on any atom is -0.396 e. The number of aromatic amines is 1. The number of H-pyrrole nitrogens is 1. The highest BCUT2D eigenvalue weighted by atomic mass is 16.1. The molecule has 0 aromatic carbocycles. The minimum atomic E-state index is -0.346. The first-order valence-corrected chi connectivity index (χ1v) is 2.31. The molecule has 0 fully saturated rings. The van der Waals surface area contributed by atoms with E-state index in [2.05, 4.69) is 10.2 Å². The highest BCUT2D eigenvalue weighted by Gasteiger charge is 1.92. The molecule has 5 nitrogen and oxygen atoms in total. The fourth-order valence-electron chi connectivity index (χ4n) is 0.427. The van der Waals surface area contributed by atoms with Gasteiger partial charge in [-0.1, -0.05) is 0 Å². The van der Waals surface area contributed by atoms with Gasteiger partial charge < -0.3 is 11.5 Å². The topological polar surface area (TPSA) is 97.8 Å². The van der Waals surface area contributed by atoms with Crippen LogP contribution < -0.4 is 17.0 Å². The van der Waals surface area contributed by atoms with Crippen molar-refractivity contribution in [3.8, 4) is 0 Å². The minimum absolute atomic E-state index is 0.148. The number of nitrogens with two attached hydrogens (primary N) is 2. The van der Waals surface area contributed by atoms with Gasteiger partial charge in [-0.05, 0) is 0 Å². The summed E-state index contributed by atoms with van der Waals surface area (Å²) in [5, 5.41) is 5.52. The lowest BCUT2D eigenvalue weighted by Gasteiger charge is -1.92. The molecule has 0 amide bonds. The summed E-state index contributed by atoms with van der Waals surface area (Å²) < 4.78 is 0. The second-order valence-corrected chi connectivity index (χ2v) is 1.57. The van der Waals surface area contributed by atoms with Crippen molar-refractivity contribution in [3.05, 3.63) is 16.4 Å². The summed E-state index contributed by atoms with van der Waals surface area (Å²) in [5.41, 5.74) is 10.3. The van der Waals surface area contributed by atoms with Gasteiger partial charge in [0, 0.05) is 6.07 Å². The molecular weight excluding hydrogens is 120 g/mol. The summed E-state index contributed by atoms with van der Waals surface area (Å²) in [6.45, 7) is 0. The summed E-state index contributed by atoms with van der Waals surface area (Å²) in [4.78, 5) is 10.4. The van der Waals surface area contributed by atoms with Gasteiger partial charge in [0.05, 0.1) is 5.69 Å². The first-order valence-electron chi connectivity index (χ1n) is 2.31. The number of hydrogen-bond donors (Lipinski definition) is 3. The van der Waals surface area contributed by atoms with Gasteiger partial charge in [0.15, 0.2) is 5.82 Å². The molecule has 0 saturated heterocycles. The van der Waals surface area contributed by atoms with Gasteiger partial charge in [-0.25, -0.2) is 5.10 Å². The largest absolute Gasteiger partial charge is 0.396 e. The molecule has 1 rings (SSSR count). The van der Waals surface area contributed by atoms with E-state index in [0.717, 1.165) is 0 Å². The first kappa shape index (κ1) is 5.61. The van der Waals surface area contributed by atoms with E-state index in [0.29, 0.717) is 0 Å². The van der Waals surface area contributed by atoms with Gasteiger partial charge in [-0.2, -0.15) is 5.10 Å². The third kappa shape index (κ3) is 0.987. The van der Waals surface area contributed by atoms with E-state index >= 15 is 0 Å². The van der Waals surface area contributed by atoms with Crippen LogP contribution in [0.2, 0.25) is 0 Å². The van der Waals surface area contributed by atoms with E-state index in [1.807, 2.05) is 0 Å². The quantitative estimate of drug-likeness (QED) is 0.412. The molecule has 0 spiro atoms. The van der Waals surface area contributed by atoms with Crippen molar-refractivity contribution < 1.29 is 0 Å². The van der Waals surface area contributed by atoms with Gasteiger partial charge in [-0.15, -0.1) is 0 Å². The smallest absolute Gasteiger partial charge is 0.266 e. The van der Waals surface area contributed by atoms with Gasteiger partial charge in [-0.3, -0.25) is 4.79 Å². The molecule has 5 heteroatoms. The maximum atomic E-state index is 10.4. The third-order valence-corrected chi connectivity index (χ3v) is 0.869. The zero-order valence-corrected chi connectivity index (χ0v) is 4.59. The Morgan fingerprint density at radius 3 is 2.67 bits per heavy atom. The summed E-state index contributed by atoms with van der Waals surface area (Å²) in [7, 11) is 0. The van der Waals surface area contributed by atoms with Gasteiger partial charge in [0.2, 0.25) is 0 Å². The Kier molecular flexibility index (Phi) is 1.11. The van der Waals surface area contributed by atoms with E-state index in [1.165, 1.54) is 6.07 Å². The summed E-state index contributed by atoms with van der Waals surface area (Å²) in [6.07, 6.45) is 0. The molecule has 0 aliphatic rings. The fourth-order valence-corrected chi connectivity index (χ4v) is 0.427. The Bertz CT molecular complexity index is 266. The summed E-state index contributed by atoms with van der Waals surface area (Å²) in [6, 6.07) is 1.18. The van der Waals surface area contributed by atoms with Crippen LogP contribution in [0.1, 0.15) is 0 Å². The number of rotatable bonds is 0. The molecule has 9 heavy (non-hydrogen) atoms. The van der Waals surface area contributed by atoms with Crippen molar-refractivity contribution in [2.75, 3.05) is 11.5 Å². The van der Waals surface area contributed by atoms with E-state index in [1.54, 1.807) is 0 Å². The predicted octanol–water partition coefficient (Wildman–Crippen LogP) is -1.07. The molecule has 0 saturated carbocycles. The van der Waals surface area contributed by atoms with Crippen LogP contribution in [-0.4, -0.2) is 10.2 Å². The van der Waals surface area contributed by atoms with Gasteiger partial charge >= 0.3 is 0 Å². The van der Waals surface area contributed by atoms with Gasteiger partial charge in [0.25, 0.3) is 5.56 Å². The summed E-state index contributed by atoms with van der Waals surface area (Å²) >= 11 is 0. The van der Waals surface area contributed by atoms with E-state index in [-0.39, 0.29) is 17.1 Å². The molecule has 0 aliphatic carbocycles. The Morgan fingerprint density at radius 2 is 2.22 bits per heavy atom. The predicted molar refractivity (Wildman–Crippen MR) is 33.7 cm³/mol. The van der Waals surface area contributed by atoms with Crippen molar-refractivity contribution in [2.45, 2.75) is 0 Å². The molecule has 0 radical (unpaired) electrons. The maximum Gasteiger partial charge on any atom is 0.266 e. The van der Waals surface area contributed by atoms with Crippen LogP contribution in [0, 0.1) is 0 Å². The van der Waals surface area contributed by atoms with Crippen LogP contribution in [0.3, 0.4) is 0 Å². The van der Waals surface area contributed by atoms with Crippen molar-refractivity contribution >= 4 is 11.5 Å².